The predicted molar refractivity (Wildman–Crippen MR) is 79.0 cm³/mol. The molecule has 1 aromatic heterocycles. The Balaban J connectivity index is 2.04. The highest BCUT2D eigenvalue weighted by Crippen LogP contribution is 2.17. The van der Waals surface area contributed by atoms with Crippen molar-refractivity contribution in [3.63, 3.8) is 0 Å². The van der Waals surface area contributed by atoms with Gasteiger partial charge in [0.25, 0.3) is 0 Å². The quantitative estimate of drug-likeness (QED) is 0.830. The van der Waals surface area contributed by atoms with Crippen molar-refractivity contribution in [1.29, 1.82) is 0 Å². The second-order valence-corrected chi connectivity index (χ2v) is 7.58. The first-order chi connectivity index (χ1) is 9.91. The molecule has 0 bridgehead atoms. The number of nitrogens with zero attached hydrogens (tertiary/aromatic N) is 3. The Kier molecular flexibility index (Phi) is 4.95. The van der Waals surface area contributed by atoms with Crippen LogP contribution in [0.25, 0.3) is 0 Å². The van der Waals surface area contributed by atoms with E-state index in [-0.39, 0.29) is 17.3 Å². The van der Waals surface area contributed by atoms with Crippen molar-refractivity contribution in [2.24, 2.45) is 5.92 Å². The van der Waals surface area contributed by atoms with E-state index in [9.17, 15) is 13.2 Å². The topological polar surface area (TPSA) is 70.6 Å². The van der Waals surface area contributed by atoms with E-state index in [0.29, 0.717) is 19.0 Å². The standard InChI is InChI=1S/C14H21N3O3S/c1-12-5-4-8-17(10-12)14(18)11-16(2)21(19,20)13-6-3-7-15-9-13/h3,6-7,9,12H,4-5,8,10-11H2,1-2H3/t12-/m1/s1. The van der Waals surface area contributed by atoms with Gasteiger partial charge in [-0.25, -0.2) is 8.42 Å². The second-order valence-electron chi connectivity index (χ2n) is 5.54. The van der Waals surface area contributed by atoms with E-state index < -0.39 is 10.0 Å². The number of piperidine rings is 1. The molecular formula is C14H21N3O3S. The number of amides is 1. The van der Waals surface area contributed by atoms with Gasteiger partial charge in [-0.1, -0.05) is 6.92 Å². The molecule has 1 amide bonds. The highest BCUT2D eigenvalue weighted by Gasteiger charge is 2.27. The van der Waals surface area contributed by atoms with Crippen LogP contribution in [0.1, 0.15) is 19.8 Å². The van der Waals surface area contributed by atoms with Crippen molar-refractivity contribution in [3.05, 3.63) is 24.5 Å². The van der Waals surface area contributed by atoms with Gasteiger partial charge in [0.15, 0.2) is 0 Å². The van der Waals surface area contributed by atoms with Crippen molar-refractivity contribution in [3.8, 4) is 0 Å². The van der Waals surface area contributed by atoms with Gasteiger partial charge >= 0.3 is 0 Å². The minimum Gasteiger partial charge on any atom is -0.341 e. The van der Waals surface area contributed by atoms with E-state index in [2.05, 4.69) is 11.9 Å². The maximum Gasteiger partial charge on any atom is 0.244 e. The molecule has 21 heavy (non-hydrogen) atoms. The lowest BCUT2D eigenvalue weighted by molar-refractivity contribution is -0.132. The van der Waals surface area contributed by atoms with E-state index >= 15 is 0 Å². The number of carbonyl (C=O) groups excluding carboxylic acids is 1. The van der Waals surface area contributed by atoms with Gasteiger partial charge < -0.3 is 4.90 Å². The fraction of sp³-hybridized carbons (Fsp3) is 0.571. The summed E-state index contributed by atoms with van der Waals surface area (Å²) in [4.78, 5) is 17.9. The van der Waals surface area contributed by atoms with Crippen LogP contribution in [-0.2, 0) is 14.8 Å². The van der Waals surface area contributed by atoms with Crippen LogP contribution in [0.3, 0.4) is 0 Å². The minimum atomic E-state index is -3.66. The zero-order valence-corrected chi connectivity index (χ0v) is 13.2. The van der Waals surface area contributed by atoms with E-state index in [1.807, 2.05) is 0 Å². The van der Waals surface area contributed by atoms with Crippen LogP contribution < -0.4 is 0 Å². The van der Waals surface area contributed by atoms with Gasteiger partial charge in [0.1, 0.15) is 4.90 Å². The summed E-state index contributed by atoms with van der Waals surface area (Å²) >= 11 is 0. The highest BCUT2D eigenvalue weighted by atomic mass is 32.2. The number of hydrogen-bond donors (Lipinski definition) is 0. The van der Waals surface area contributed by atoms with Crippen molar-refractivity contribution in [2.45, 2.75) is 24.7 Å². The zero-order valence-electron chi connectivity index (χ0n) is 12.4. The SMILES string of the molecule is C[C@@H]1CCCN(C(=O)CN(C)S(=O)(=O)c2cccnc2)C1. The Bertz CT molecular complexity index is 589. The highest BCUT2D eigenvalue weighted by molar-refractivity contribution is 7.89. The Labute approximate surface area is 125 Å². The van der Waals surface area contributed by atoms with E-state index in [1.54, 1.807) is 11.0 Å². The molecule has 116 valence electrons. The molecule has 6 nitrogen and oxygen atoms in total. The number of sulfonamides is 1. The van der Waals surface area contributed by atoms with Gasteiger partial charge in [0.2, 0.25) is 15.9 Å². The van der Waals surface area contributed by atoms with Crippen LogP contribution in [-0.4, -0.2) is 55.2 Å². The second kappa shape index (κ2) is 6.53. The summed E-state index contributed by atoms with van der Waals surface area (Å²) in [5, 5.41) is 0. The number of pyridine rings is 1. The molecule has 1 aromatic rings. The molecule has 1 fully saturated rings. The lowest BCUT2D eigenvalue weighted by atomic mass is 10.0. The first-order valence-corrected chi connectivity index (χ1v) is 8.49. The van der Waals surface area contributed by atoms with Crippen molar-refractivity contribution in [2.75, 3.05) is 26.7 Å². The monoisotopic (exact) mass is 311 g/mol. The molecule has 0 radical (unpaired) electrons. The fourth-order valence-corrected chi connectivity index (χ4v) is 3.56. The minimum absolute atomic E-state index is 0.104. The van der Waals surface area contributed by atoms with E-state index in [1.165, 1.54) is 25.5 Å². The molecule has 2 rings (SSSR count). The Hall–Kier alpha value is -1.47. The zero-order chi connectivity index (χ0) is 15.5. The van der Waals surface area contributed by atoms with Crippen LogP contribution in [0.4, 0.5) is 0 Å². The third-order valence-corrected chi connectivity index (χ3v) is 5.50. The normalized spacial score (nSPS) is 19.8. The fourth-order valence-electron chi connectivity index (χ4n) is 2.47. The largest absolute Gasteiger partial charge is 0.341 e. The summed E-state index contributed by atoms with van der Waals surface area (Å²) in [6.07, 6.45) is 4.90. The van der Waals surface area contributed by atoms with Gasteiger partial charge in [-0.15, -0.1) is 0 Å². The Morgan fingerprint density at radius 3 is 2.90 bits per heavy atom. The lowest BCUT2D eigenvalue weighted by Gasteiger charge is -2.32. The van der Waals surface area contributed by atoms with Gasteiger partial charge in [0.05, 0.1) is 6.54 Å². The van der Waals surface area contributed by atoms with Crippen molar-refractivity contribution >= 4 is 15.9 Å². The summed E-state index contributed by atoms with van der Waals surface area (Å²) in [6, 6.07) is 3.04. The smallest absolute Gasteiger partial charge is 0.244 e. The number of aromatic nitrogens is 1. The predicted octanol–water partition coefficient (Wildman–Crippen LogP) is 0.961. The molecule has 2 heterocycles. The summed E-state index contributed by atoms with van der Waals surface area (Å²) in [6.45, 7) is 3.39. The summed E-state index contributed by atoms with van der Waals surface area (Å²) < 4.78 is 25.7. The number of likely N-dealkylation sites (tertiary alicyclic amines) is 1. The molecule has 0 unspecified atom stereocenters. The molecule has 1 saturated heterocycles. The first kappa shape index (κ1) is 15.9. The summed E-state index contributed by atoms with van der Waals surface area (Å²) in [7, 11) is -2.24. The van der Waals surface area contributed by atoms with Crippen LogP contribution in [0, 0.1) is 5.92 Å². The van der Waals surface area contributed by atoms with Crippen LogP contribution in [0.15, 0.2) is 29.4 Å². The van der Waals surface area contributed by atoms with E-state index in [4.69, 9.17) is 0 Å². The molecule has 1 aliphatic rings. The number of hydrogen-bond acceptors (Lipinski definition) is 4. The molecular weight excluding hydrogens is 290 g/mol. The van der Waals surface area contributed by atoms with Crippen LogP contribution in [0.5, 0.6) is 0 Å². The van der Waals surface area contributed by atoms with Gasteiger partial charge in [0, 0.05) is 32.5 Å². The molecule has 7 heteroatoms. The summed E-state index contributed by atoms with van der Waals surface area (Å²) in [5.41, 5.74) is 0. The Morgan fingerprint density at radius 2 is 2.29 bits per heavy atom. The molecule has 0 aliphatic carbocycles. The van der Waals surface area contributed by atoms with Crippen LogP contribution >= 0.6 is 0 Å². The van der Waals surface area contributed by atoms with E-state index in [0.717, 1.165) is 17.1 Å². The number of rotatable bonds is 4. The maximum atomic E-state index is 12.3. The molecule has 0 saturated carbocycles. The van der Waals surface area contributed by atoms with Gasteiger partial charge in [-0.3, -0.25) is 9.78 Å². The average molecular weight is 311 g/mol. The Morgan fingerprint density at radius 1 is 1.52 bits per heavy atom. The third kappa shape index (κ3) is 3.79. The molecule has 0 aromatic carbocycles. The first-order valence-electron chi connectivity index (χ1n) is 7.05. The number of likely N-dealkylation sites (N-methyl/N-ethyl adjacent to an activating group) is 1. The molecule has 0 spiro atoms. The third-order valence-electron chi connectivity index (χ3n) is 3.71. The van der Waals surface area contributed by atoms with Gasteiger partial charge in [-0.05, 0) is 30.9 Å². The van der Waals surface area contributed by atoms with Crippen LogP contribution in [0.2, 0.25) is 0 Å². The van der Waals surface area contributed by atoms with Crippen molar-refractivity contribution < 1.29 is 13.2 Å². The maximum absolute atomic E-state index is 12.3. The average Bonchev–Trinajstić information content (AvgIpc) is 2.48. The molecule has 1 aliphatic heterocycles. The lowest BCUT2D eigenvalue weighted by Crippen LogP contribution is -2.45. The number of carbonyl (C=O) groups is 1. The summed E-state index contributed by atoms with van der Waals surface area (Å²) in [5.74, 6) is 0.333. The molecule has 0 N–H and O–H groups in total. The molecule has 1 atom stereocenters. The van der Waals surface area contributed by atoms with Crippen molar-refractivity contribution in [1.82, 2.24) is 14.2 Å². The van der Waals surface area contributed by atoms with Gasteiger partial charge in [-0.2, -0.15) is 4.31 Å².